The second kappa shape index (κ2) is 4.95. The second-order valence-electron chi connectivity index (χ2n) is 4.10. The van der Waals surface area contributed by atoms with E-state index in [-0.39, 0.29) is 5.38 Å². The molecule has 3 heteroatoms. The molecule has 0 N–H and O–H groups in total. The lowest BCUT2D eigenvalue weighted by molar-refractivity contribution is 0.105. The van der Waals surface area contributed by atoms with Crippen LogP contribution in [0.4, 0.5) is 0 Å². The molecule has 82 valence electrons. The number of ether oxygens (including phenoxy) is 1. The Kier molecular flexibility index (Phi) is 3.60. The molecule has 0 bridgehead atoms. The molecule has 0 spiro atoms. The Hall–Kier alpha value is -0.600. The Balaban J connectivity index is 1.94. The average molecular weight is 226 g/mol. The van der Waals surface area contributed by atoms with E-state index >= 15 is 0 Å². The van der Waals surface area contributed by atoms with Gasteiger partial charge in [-0.15, -0.1) is 11.6 Å². The van der Waals surface area contributed by atoms with Gasteiger partial charge in [0.1, 0.15) is 0 Å². The molecule has 2 heterocycles. The lowest BCUT2D eigenvalue weighted by atomic mass is 9.94. The van der Waals surface area contributed by atoms with E-state index in [0.717, 1.165) is 19.4 Å². The molecular weight excluding hydrogens is 210 g/mol. The highest BCUT2D eigenvalue weighted by Gasteiger charge is 2.30. The first-order valence-electron chi connectivity index (χ1n) is 5.42. The van der Waals surface area contributed by atoms with E-state index in [9.17, 15) is 0 Å². The summed E-state index contributed by atoms with van der Waals surface area (Å²) < 4.78 is 5.53. The standard InChI is InChI=1S/C12H16ClNO/c1-9-11(4-7-15-9)12(13)8-10-2-5-14-6-3-10/h2-3,5-6,9,11-12H,4,7-8H2,1H3. The summed E-state index contributed by atoms with van der Waals surface area (Å²) in [4.78, 5) is 4.00. The molecule has 1 saturated heterocycles. The molecule has 1 fully saturated rings. The fraction of sp³-hybridized carbons (Fsp3) is 0.583. The van der Waals surface area contributed by atoms with Gasteiger partial charge in [-0.05, 0) is 37.5 Å². The van der Waals surface area contributed by atoms with Crippen LogP contribution in [0.3, 0.4) is 0 Å². The van der Waals surface area contributed by atoms with Crippen molar-refractivity contribution in [2.45, 2.75) is 31.2 Å². The van der Waals surface area contributed by atoms with Crippen molar-refractivity contribution in [2.24, 2.45) is 5.92 Å². The Bertz CT molecular complexity index is 304. The lowest BCUT2D eigenvalue weighted by Crippen LogP contribution is -2.23. The highest BCUT2D eigenvalue weighted by atomic mass is 35.5. The van der Waals surface area contributed by atoms with Crippen LogP contribution in [0.15, 0.2) is 24.5 Å². The van der Waals surface area contributed by atoms with Crippen molar-refractivity contribution in [3.63, 3.8) is 0 Å². The van der Waals surface area contributed by atoms with E-state index in [4.69, 9.17) is 16.3 Å². The molecule has 1 aliphatic rings. The summed E-state index contributed by atoms with van der Waals surface area (Å²) in [6.07, 6.45) is 5.92. The van der Waals surface area contributed by atoms with Crippen molar-refractivity contribution in [1.29, 1.82) is 0 Å². The maximum Gasteiger partial charge on any atom is 0.0590 e. The van der Waals surface area contributed by atoms with Crippen molar-refractivity contribution >= 4 is 11.6 Å². The third kappa shape index (κ3) is 2.70. The number of nitrogens with zero attached hydrogens (tertiary/aromatic N) is 1. The summed E-state index contributed by atoms with van der Waals surface area (Å²) in [6, 6.07) is 4.05. The highest BCUT2D eigenvalue weighted by molar-refractivity contribution is 6.21. The number of halogens is 1. The van der Waals surface area contributed by atoms with Gasteiger partial charge in [0.05, 0.1) is 6.10 Å². The third-order valence-corrected chi connectivity index (χ3v) is 3.56. The molecule has 0 aromatic carbocycles. The minimum Gasteiger partial charge on any atom is -0.378 e. The van der Waals surface area contributed by atoms with Gasteiger partial charge < -0.3 is 4.74 Å². The van der Waals surface area contributed by atoms with E-state index in [1.165, 1.54) is 5.56 Å². The molecule has 3 unspecified atom stereocenters. The van der Waals surface area contributed by atoms with Crippen LogP contribution in [-0.2, 0) is 11.2 Å². The highest BCUT2D eigenvalue weighted by Crippen LogP contribution is 2.29. The molecule has 1 aromatic rings. The smallest absolute Gasteiger partial charge is 0.0590 e. The predicted molar refractivity (Wildman–Crippen MR) is 61.1 cm³/mol. The number of aromatic nitrogens is 1. The molecule has 15 heavy (non-hydrogen) atoms. The number of hydrogen-bond acceptors (Lipinski definition) is 2. The zero-order valence-corrected chi connectivity index (χ0v) is 9.65. The number of alkyl halides is 1. The van der Waals surface area contributed by atoms with Gasteiger partial charge in [-0.3, -0.25) is 4.98 Å². The van der Waals surface area contributed by atoms with Crippen LogP contribution in [-0.4, -0.2) is 23.1 Å². The fourth-order valence-corrected chi connectivity index (χ4v) is 2.63. The van der Waals surface area contributed by atoms with E-state index in [1.807, 2.05) is 24.5 Å². The molecule has 0 saturated carbocycles. The van der Waals surface area contributed by atoms with Crippen LogP contribution in [0.25, 0.3) is 0 Å². The van der Waals surface area contributed by atoms with Gasteiger partial charge >= 0.3 is 0 Å². The summed E-state index contributed by atoms with van der Waals surface area (Å²) in [5, 5.41) is 0.171. The third-order valence-electron chi connectivity index (χ3n) is 3.08. The van der Waals surface area contributed by atoms with Gasteiger partial charge in [0.15, 0.2) is 0 Å². The monoisotopic (exact) mass is 225 g/mol. The second-order valence-corrected chi connectivity index (χ2v) is 4.66. The average Bonchev–Trinajstić information content (AvgIpc) is 2.66. The van der Waals surface area contributed by atoms with Gasteiger partial charge in [-0.1, -0.05) is 0 Å². The molecule has 1 aliphatic heterocycles. The van der Waals surface area contributed by atoms with Crippen LogP contribution >= 0.6 is 11.6 Å². The number of pyridine rings is 1. The molecule has 0 amide bonds. The molecule has 0 aliphatic carbocycles. The molecule has 0 radical (unpaired) electrons. The largest absolute Gasteiger partial charge is 0.378 e. The van der Waals surface area contributed by atoms with Gasteiger partial charge in [-0.25, -0.2) is 0 Å². The van der Waals surface area contributed by atoms with Crippen molar-refractivity contribution in [3.05, 3.63) is 30.1 Å². The Morgan fingerprint density at radius 2 is 2.27 bits per heavy atom. The summed E-state index contributed by atoms with van der Waals surface area (Å²) >= 11 is 6.42. The molecule has 1 aromatic heterocycles. The van der Waals surface area contributed by atoms with Crippen molar-refractivity contribution in [1.82, 2.24) is 4.98 Å². The Morgan fingerprint density at radius 1 is 1.53 bits per heavy atom. The lowest BCUT2D eigenvalue weighted by Gasteiger charge is -2.19. The zero-order valence-electron chi connectivity index (χ0n) is 8.90. The quantitative estimate of drug-likeness (QED) is 0.738. The Morgan fingerprint density at radius 3 is 2.87 bits per heavy atom. The predicted octanol–water partition coefficient (Wildman–Crippen LogP) is 2.66. The van der Waals surface area contributed by atoms with Crippen molar-refractivity contribution in [3.8, 4) is 0 Å². The summed E-state index contributed by atoms with van der Waals surface area (Å²) in [6.45, 7) is 2.96. The first-order chi connectivity index (χ1) is 7.27. The number of hydrogen-bond donors (Lipinski definition) is 0. The molecule has 3 atom stereocenters. The van der Waals surface area contributed by atoms with Gasteiger partial charge in [0, 0.05) is 30.3 Å². The molecule has 2 nitrogen and oxygen atoms in total. The Labute approximate surface area is 95.6 Å². The molecular formula is C12H16ClNO. The van der Waals surface area contributed by atoms with Crippen LogP contribution in [0, 0.1) is 5.92 Å². The van der Waals surface area contributed by atoms with E-state index in [1.54, 1.807) is 0 Å². The van der Waals surface area contributed by atoms with Crippen LogP contribution < -0.4 is 0 Å². The maximum atomic E-state index is 6.42. The topological polar surface area (TPSA) is 22.1 Å². The zero-order chi connectivity index (χ0) is 10.7. The van der Waals surface area contributed by atoms with Crippen molar-refractivity contribution < 1.29 is 4.74 Å². The first-order valence-corrected chi connectivity index (χ1v) is 5.85. The summed E-state index contributed by atoms with van der Waals surface area (Å²) in [5.74, 6) is 0.486. The van der Waals surface area contributed by atoms with Crippen molar-refractivity contribution in [2.75, 3.05) is 6.61 Å². The normalized spacial score (nSPS) is 27.9. The van der Waals surface area contributed by atoms with Crippen LogP contribution in [0.1, 0.15) is 18.9 Å². The van der Waals surface area contributed by atoms with Crippen LogP contribution in [0.2, 0.25) is 0 Å². The first kappa shape index (κ1) is 10.9. The minimum absolute atomic E-state index is 0.171. The summed E-state index contributed by atoms with van der Waals surface area (Å²) in [5.41, 5.74) is 1.25. The van der Waals surface area contributed by atoms with E-state index in [2.05, 4.69) is 11.9 Å². The van der Waals surface area contributed by atoms with Crippen LogP contribution in [0.5, 0.6) is 0 Å². The maximum absolute atomic E-state index is 6.42. The summed E-state index contributed by atoms with van der Waals surface area (Å²) in [7, 11) is 0. The molecule has 2 rings (SSSR count). The fourth-order valence-electron chi connectivity index (χ4n) is 2.12. The number of rotatable bonds is 3. The van der Waals surface area contributed by atoms with Gasteiger partial charge in [0.2, 0.25) is 0 Å². The van der Waals surface area contributed by atoms with Gasteiger partial charge in [-0.2, -0.15) is 0 Å². The van der Waals surface area contributed by atoms with E-state index < -0.39 is 0 Å². The SMILES string of the molecule is CC1OCCC1C(Cl)Cc1ccncc1. The van der Waals surface area contributed by atoms with E-state index in [0.29, 0.717) is 12.0 Å². The van der Waals surface area contributed by atoms with Gasteiger partial charge in [0.25, 0.3) is 0 Å². The minimum atomic E-state index is 0.171.